The van der Waals surface area contributed by atoms with E-state index >= 15 is 0 Å². The van der Waals surface area contributed by atoms with Gasteiger partial charge in [-0.15, -0.1) is 0 Å². The Bertz CT molecular complexity index is 1570. The predicted molar refractivity (Wildman–Crippen MR) is 169 cm³/mol. The second kappa shape index (κ2) is 14.6. The maximum Gasteiger partial charge on any atom is 0.253 e. The third-order valence-electron chi connectivity index (χ3n) is 7.66. The number of sulfonamides is 2. The molecule has 1 saturated heterocycles. The Morgan fingerprint density at radius 1 is 0.558 bits per heavy atom. The molecule has 4 rings (SSSR count). The average Bonchev–Trinajstić information content (AvgIpc) is 2.98. The van der Waals surface area contributed by atoms with Crippen molar-refractivity contribution in [2.24, 2.45) is 0 Å². The first-order valence-electron chi connectivity index (χ1n) is 14.7. The summed E-state index contributed by atoms with van der Waals surface area (Å²) in [6.07, 6.45) is 0.926. The van der Waals surface area contributed by atoms with Crippen LogP contribution < -0.4 is 5.32 Å². The molecule has 1 aliphatic heterocycles. The molecule has 0 atom stereocenters. The lowest BCUT2D eigenvalue weighted by atomic mass is 10.1. The SMILES string of the molecule is Cc1ccc(C(=O)N2CCCN(S(=O)(=O)c3ccc(C)cc3)CCNCCCN(S(=O)(=O)c3ccc(C)cc3)CC2)cc1. The van der Waals surface area contributed by atoms with E-state index in [0.29, 0.717) is 31.5 Å². The molecule has 1 N–H and O–H groups in total. The van der Waals surface area contributed by atoms with Crippen LogP contribution in [0.25, 0.3) is 0 Å². The fraction of sp³-hybridized carbons (Fsp3) is 0.406. The lowest BCUT2D eigenvalue weighted by Gasteiger charge is -2.29. The molecule has 232 valence electrons. The Morgan fingerprint density at radius 3 is 1.56 bits per heavy atom. The van der Waals surface area contributed by atoms with E-state index in [1.807, 2.05) is 32.9 Å². The Hall–Kier alpha value is -3.09. The summed E-state index contributed by atoms with van der Waals surface area (Å²) < 4.78 is 57.4. The summed E-state index contributed by atoms with van der Waals surface area (Å²) in [6, 6.07) is 20.9. The Balaban J connectivity index is 1.59. The average molecular weight is 627 g/mol. The highest BCUT2D eigenvalue weighted by atomic mass is 32.2. The smallest absolute Gasteiger partial charge is 0.253 e. The van der Waals surface area contributed by atoms with Gasteiger partial charge < -0.3 is 10.2 Å². The second-order valence-electron chi connectivity index (χ2n) is 11.0. The number of hydrogen-bond donors (Lipinski definition) is 1. The molecular formula is C32H42N4O5S2. The van der Waals surface area contributed by atoms with Gasteiger partial charge in [0.1, 0.15) is 0 Å². The molecule has 0 aromatic heterocycles. The minimum Gasteiger partial charge on any atom is -0.337 e. The highest BCUT2D eigenvalue weighted by molar-refractivity contribution is 7.89. The molecule has 1 aliphatic rings. The van der Waals surface area contributed by atoms with E-state index in [0.717, 1.165) is 16.7 Å². The molecule has 1 amide bonds. The maximum absolute atomic E-state index is 13.7. The van der Waals surface area contributed by atoms with Crippen LogP contribution in [0.3, 0.4) is 0 Å². The summed E-state index contributed by atoms with van der Waals surface area (Å²) >= 11 is 0. The van der Waals surface area contributed by atoms with E-state index in [1.54, 1.807) is 65.6 Å². The summed E-state index contributed by atoms with van der Waals surface area (Å²) in [4.78, 5) is 15.8. The molecule has 9 nitrogen and oxygen atoms in total. The number of carbonyl (C=O) groups is 1. The van der Waals surface area contributed by atoms with Gasteiger partial charge in [-0.3, -0.25) is 4.79 Å². The lowest BCUT2D eigenvalue weighted by Crippen LogP contribution is -2.44. The molecule has 0 unspecified atom stereocenters. The van der Waals surface area contributed by atoms with E-state index in [2.05, 4.69) is 5.32 Å². The van der Waals surface area contributed by atoms with Crippen LogP contribution in [-0.2, 0) is 20.0 Å². The Morgan fingerprint density at radius 2 is 1.02 bits per heavy atom. The van der Waals surface area contributed by atoms with Crippen molar-refractivity contribution in [1.29, 1.82) is 0 Å². The van der Waals surface area contributed by atoms with E-state index in [-0.39, 0.29) is 55.0 Å². The number of aryl methyl sites for hydroxylation is 3. The van der Waals surface area contributed by atoms with Gasteiger partial charge in [0.25, 0.3) is 5.91 Å². The molecule has 0 spiro atoms. The molecule has 0 saturated carbocycles. The number of rotatable bonds is 5. The quantitative estimate of drug-likeness (QED) is 0.462. The zero-order chi connectivity index (χ0) is 31.0. The second-order valence-corrected chi connectivity index (χ2v) is 14.9. The van der Waals surface area contributed by atoms with Crippen LogP contribution >= 0.6 is 0 Å². The van der Waals surface area contributed by atoms with Crippen molar-refractivity contribution in [3.63, 3.8) is 0 Å². The molecule has 0 radical (unpaired) electrons. The standard InChI is InChI=1S/C32H42N4O5S2/c1-26-6-12-29(13-7-26)32(37)34-20-5-22-35(42(38,39)30-14-8-27(2)9-15-30)23-19-33-18-4-21-36(25-24-34)43(40,41)31-16-10-28(3)11-17-31/h6-17,33H,4-5,18-25H2,1-3H3. The van der Waals surface area contributed by atoms with Crippen molar-refractivity contribution in [3.8, 4) is 0 Å². The molecule has 1 fully saturated rings. The summed E-state index contributed by atoms with van der Waals surface area (Å²) in [5.74, 6) is -0.214. The van der Waals surface area contributed by atoms with E-state index in [1.165, 1.54) is 8.61 Å². The van der Waals surface area contributed by atoms with Gasteiger partial charge in [-0.2, -0.15) is 8.61 Å². The molecule has 3 aromatic rings. The molecule has 11 heteroatoms. The highest BCUT2D eigenvalue weighted by Gasteiger charge is 2.28. The van der Waals surface area contributed by atoms with Gasteiger partial charge in [0, 0.05) is 51.4 Å². The number of nitrogens with zero attached hydrogens (tertiary/aromatic N) is 3. The number of benzene rings is 3. The van der Waals surface area contributed by atoms with E-state index < -0.39 is 20.0 Å². The molecule has 0 bridgehead atoms. The first kappa shape index (κ1) is 32.8. The predicted octanol–water partition coefficient (Wildman–Crippen LogP) is 3.82. The maximum atomic E-state index is 13.7. The number of carbonyl (C=O) groups excluding carboxylic acids is 1. The van der Waals surface area contributed by atoms with Gasteiger partial charge in [0.15, 0.2) is 0 Å². The first-order chi connectivity index (χ1) is 20.5. The normalized spacial score (nSPS) is 17.3. The Kier molecular flexibility index (Phi) is 11.1. The van der Waals surface area contributed by atoms with Crippen LogP contribution in [0.1, 0.15) is 39.9 Å². The van der Waals surface area contributed by atoms with Gasteiger partial charge in [0.2, 0.25) is 20.0 Å². The van der Waals surface area contributed by atoms with Gasteiger partial charge >= 0.3 is 0 Å². The van der Waals surface area contributed by atoms with Crippen molar-refractivity contribution >= 4 is 26.0 Å². The Labute approximate surface area is 256 Å². The number of nitrogens with one attached hydrogen (secondary N) is 1. The molecule has 43 heavy (non-hydrogen) atoms. The number of hydrogen-bond acceptors (Lipinski definition) is 6. The lowest BCUT2D eigenvalue weighted by molar-refractivity contribution is 0.0743. The summed E-state index contributed by atoms with van der Waals surface area (Å²) in [6.45, 7) is 8.03. The van der Waals surface area contributed by atoms with Crippen LogP contribution in [0.2, 0.25) is 0 Å². The zero-order valence-corrected chi connectivity index (χ0v) is 26.8. The monoisotopic (exact) mass is 626 g/mol. The topological polar surface area (TPSA) is 107 Å². The van der Waals surface area contributed by atoms with Gasteiger partial charge in [-0.05, 0) is 76.6 Å². The third kappa shape index (κ3) is 8.51. The fourth-order valence-electron chi connectivity index (χ4n) is 5.00. The van der Waals surface area contributed by atoms with Crippen LogP contribution in [-0.4, -0.2) is 88.6 Å². The van der Waals surface area contributed by atoms with Crippen molar-refractivity contribution in [1.82, 2.24) is 18.8 Å². The minimum atomic E-state index is -3.78. The van der Waals surface area contributed by atoms with E-state index in [4.69, 9.17) is 0 Å². The van der Waals surface area contributed by atoms with Crippen molar-refractivity contribution in [3.05, 3.63) is 95.1 Å². The summed E-state index contributed by atoms with van der Waals surface area (Å²) in [7, 11) is -7.52. The largest absolute Gasteiger partial charge is 0.337 e. The van der Waals surface area contributed by atoms with Crippen molar-refractivity contribution in [2.75, 3.05) is 52.4 Å². The first-order valence-corrected chi connectivity index (χ1v) is 17.6. The van der Waals surface area contributed by atoms with Gasteiger partial charge in [0.05, 0.1) is 9.79 Å². The number of amides is 1. The van der Waals surface area contributed by atoms with Gasteiger partial charge in [-0.25, -0.2) is 16.8 Å². The van der Waals surface area contributed by atoms with Crippen LogP contribution in [0.15, 0.2) is 82.6 Å². The van der Waals surface area contributed by atoms with E-state index in [9.17, 15) is 21.6 Å². The minimum absolute atomic E-state index is 0.124. The fourth-order valence-corrected chi connectivity index (χ4v) is 7.94. The molecular weight excluding hydrogens is 585 g/mol. The van der Waals surface area contributed by atoms with Crippen LogP contribution in [0.5, 0.6) is 0 Å². The van der Waals surface area contributed by atoms with Crippen molar-refractivity contribution < 1.29 is 21.6 Å². The summed E-state index contributed by atoms with van der Waals surface area (Å²) in [5, 5.41) is 3.28. The molecule has 0 aliphatic carbocycles. The zero-order valence-electron chi connectivity index (χ0n) is 25.2. The van der Waals surface area contributed by atoms with Crippen molar-refractivity contribution in [2.45, 2.75) is 43.4 Å². The molecule has 1 heterocycles. The molecule has 3 aromatic carbocycles. The van der Waals surface area contributed by atoms with Crippen LogP contribution in [0, 0.1) is 20.8 Å². The summed E-state index contributed by atoms with van der Waals surface area (Å²) in [5.41, 5.74) is 3.48. The third-order valence-corrected chi connectivity index (χ3v) is 11.5. The van der Waals surface area contributed by atoms with Crippen LogP contribution in [0.4, 0.5) is 0 Å². The highest BCUT2D eigenvalue weighted by Crippen LogP contribution is 2.19. The van der Waals surface area contributed by atoms with Gasteiger partial charge in [-0.1, -0.05) is 53.1 Å².